The number of rotatable bonds is 7. The SMILES string of the molecule is O=C(C1CCCCC1)N(Cc1cccc(-c2ccc3ncnc(NC4CC4)c3c2)c1)C1CC1. The molecule has 3 aromatic rings. The molecule has 3 saturated carbocycles. The zero-order valence-electron chi connectivity index (χ0n) is 19.2. The Morgan fingerprint density at radius 3 is 2.52 bits per heavy atom. The summed E-state index contributed by atoms with van der Waals surface area (Å²) in [5.41, 5.74) is 4.52. The molecule has 1 N–H and O–H groups in total. The molecule has 3 fully saturated rings. The molecule has 1 aromatic heterocycles. The zero-order valence-corrected chi connectivity index (χ0v) is 19.2. The topological polar surface area (TPSA) is 58.1 Å². The summed E-state index contributed by atoms with van der Waals surface area (Å²) >= 11 is 0. The molecule has 5 nitrogen and oxygen atoms in total. The monoisotopic (exact) mass is 440 g/mol. The number of benzene rings is 2. The van der Waals surface area contributed by atoms with Crippen LogP contribution in [0.2, 0.25) is 0 Å². The third-order valence-electron chi connectivity index (χ3n) is 7.39. The minimum absolute atomic E-state index is 0.236. The minimum atomic E-state index is 0.236. The van der Waals surface area contributed by atoms with Crippen molar-refractivity contribution in [3.05, 3.63) is 54.4 Å². The molecule has 6 rings (SSSR count). The summed E-state index contributed by atoms with van der Waals surface area (Å²) < 4.78 is 0. The average Bonchev–Trinajstić information content (AvgIpc) is 3.78. The van der Waals surface area contributed by atoms with Gasteiger partial charge in [-0.1, -0.05) is 43.5 Å². The van der Waals surface area contributed by atoms with Crippen molar-refractivity contribution >= 4 is 22.6 Å². The summed E-state index contributed by atoms with van der Waals surface area (Å²) in [6.07, 6.45) is 12.2. The second-order valence-electron chi connectivity index (χ2n) is 10.1. The van der Waals surface area contributed by atoms with Crippen LogP contribution in [0.25, 0.3) is 22.0 Å². The Bertz CT molecular complexity index is 1160. The van der Waals surface area contributed by atoms with E-state index < -0.39 is 0 Å². The fourth-order valence-electron chi connectivity index (χ4n) is 5.18. The number of nitrogens with zero attached hydrogens (tertiary/aromatic N) is 3. The molecule has 0 spiro atoms. The number of amides is 1. The second kappa shape index (κ2) is 8.77. The maximum atomic E-state index is 13.3. The van der Waals surface area contributed by atoms with Crippen molar-refractivity contribution in [1.29, 1.82) is 0 Å². The molecule has 170 valence electrons. The van der Waals surface area contributed by atoms with Gasteiger partial charge in [0.05, 0.1) is 5.52 Å². The molecule has 0 atom stereocenters. The molecular weight excluding hydrogens is 408 g/mol. The molecule has 33 heavy (non-hydrogen) atoms. The lowest BCUT2D eigenvalue weighted by Gasteiger charge is -2.29. The van der Waals surface area contributed by atoms with Gasteiger partial charge in [0.2, 0.25) is 5.91 Å². The lowest BCUT2D eigenvalue weighted by atomic mass is 9.88. The highest BCUT2D eigenvalue weighted by atomic mass is 16.2. The number of hydrogen-bond acceptors (Lipinski definition) is 4. The van der Waals surface area contributed by atoms with Gasteiger partial charge in [-0.25, -0.2) is 9.97 Å². The largest absolute Gasteiger partial charge is 0.367 e. The Hall–Kier alpha value is -2.95. The quantitative estimate of drug-likeness (QED) is 0.494. The third-order valence-corrected chi connectivity index (χ3v) is 7.39. The zero-order chi connectivity index (χ0) is 22.2. The van der Waals surface area contributed by atoms with Crippen molar-refractivity contribution in [2.75, 3.05) is 5.32 Å². The molecule has 3 aliphatic carbocycles. The van der Waals surface area contributed by atoms with Crippen molar-refractivity contribution in [3.63, 3.8) is 0 Å². The van der Waals surface area contributed by atoms with Gasteiger partial charge in [-0.05, 0) is 73.4 Å². The molecule has 1 amide bonds. The summed E-state index contributed by atoms with van der Waals surface area (Å²) in [6.45, 7) is 0.721. The van der Waals surface area contributed by atoms with Crippen LogP contribution < -0.4 is 5.32 Å². The van der Waals surface area contributed by atoms with Crippen molar-refractivity contribution in [3.8, 4) is 11.1 Å². The van der Waals surface area contributed by atoms with Crippen molar-refractivity contribution in [2.45, 2.75) is 76.4 Å². The Labute approximate surface area is 195 Å². The summed E-state index contributed by atoms with van der Waals surface area (Å²) in [4.78, 5) is 24.5. The average molecular weight is 441 g/mol. The maximum Gasteiger partial charge on any atom is 0.226 e. The molecule has 2 aromatic carbocycles. The molecule has 1 heterocycles. The van der Waals surface area contributed by atoms with E-state index in [1.807, 2.05) is 0 Å². The van der Waals surface area contributed by atoms with Crippen LogP contribution in [0.1, 0.15) is 63.4 Å². The van der Waals surface area contributed by atoms with Crippen LogP contribution in [0.5, 0.6) is 0 Å². The number of carbonyl (C=O) groups excluding carboxylic acids is 1. The first kappa shape index (κ1) is 20.6. The van der Waals surface area contributed by atoms with E-state index in [-0.39, 0.29) is 5.92 Å². The molecular formula is C28H32N4O. The van der Waals surface area contributed by atoms with Crippen molar-refractivity contribution in [2.24, 2.45) is 5.92 Å². The number of hydrogen-bond donors (Lipinski definition) is 1. The van der Waals surface area contributed by atoms with Crippen LogP contribution in [0.4, 0.5) is 5.82 Å². The van der Waals surface area contributed by atoms with Gasteiger partial charge in [0, 0.05) is 29.9 Å². The molecule has 0 bridgehead atoms. The Morgan fingerprint density at radius 1 is 0.909 bits per heavy atom. The van der Waals surface area contributed by atoms with E-state index >= 15 is 0 Å². The van der Waals surface area contributed by atoms with E-state index in [2.05, 4.69) is 62.6 Å². The number of aromatic nitrogens is 2. The van der Waals surface area contributed by atoms with E-state index in [9.17, 15) is 4.79 Å². The third kappa shape index (κ3) is 4.59. The predicted octanol–water partition coefficient (Wildman–Crippen LogP) is 5.94. The van der Waals surface area contributed by atoms with Gasteiger partial charge in [-0.3, -0.25) is 4.79 Å². The van der Waals surface area contributed by atoms with Gasteiger partial charge in [-0.15, -0.1) is 0 Å². The summed E-state index contributed by atoms with van der Waals surface area (Å²) in [5, 5.41) is 4.61. The van der Waals surface area contributed by atoms with Gasteiger partial charge >= 0.3 is 0 Å². The number of fused-ring (bicyclic) bond motifs is 1. The van der Waals surface area contributed by atoms with Crippen LogP contribution in [0.15, 0.2) is 48.8 Å². The highest BCUT2D eigenvalue weighted by Crippen LogP contribution is 2.35. The highest BCUT2D eigenvalue weighted by molar-refractivity contribution is 5.92. The highest BCUT2D eigenvalue weighted by Gasteiger charge is 2.36. The van der Waals surface area contributed by atoms with E-state index in [0.29, 0.717) is 18.0 Å². The normalized spacial score (nSPS) is 18.9. The first-order valence-corrected chi connectivity index (χ1v) is 12.7. The fourth-order valence-corrected chi connectivity index (χ4v) is 5.18. The molecule has 3 aliphatic rings. The smallest absolute Gasteiger partial charge is 0.226 e. The molecule has 0 unspecified atom stereocenters. The number of carbonyl (C=O) groups is 1. The summed E-state index contributed by atoms with van der Waals surface area (Å²) in [7, 11) is 0. The van der Waals surface area contributed by atoms with Gasteiger partial charge in [-0.2, -0.15) is 0 Å². The number of anilines is 1. The first-order valence-electron chi connectivity index (χ1n) is 12.7. The van der Waals surface area contributed by atoms with Crippen LogP contribution in [-0.4, -0.2) is 32.9 Å². The standard InChI is InChI=1S/C28H32N4O/c33-28(20-6-2-1-3-7-20)32(24-12-13-24)17-19-5-4-8-21(15-19)22-9-14-26-25(16-22)27(30-18-29-26)31-23-10-11-23/h4-5,8-9,14-16,18,20,23-24H,1-3,6-7,10-13,17H2,(H,29,30,31). The first-order chi connectivity index (χ1) is 16.2. The van der Waals surface area contributed by atoms with Gasteiger partial charge in [0.1, 0.15) is 12.1 Å². The van der Waals surface area contributed by atoms with Gasteiger partial charge in [0.15, 0.2) is 0 Å². The van der Waals surface area contributed by atoms with E-state index in [0.717, 1.165) is 54.5 Å². The maximum absolute atomic E-state index is 13.3. The van der Waals surface area contributed by atoms with E-state index in [4.69, 9.17) is 0 Å². The molecule has 5 heteroatoms. The Kier molecular flexibility index (Phi) is 5.49. The summed E-state index contributed by atoms with van der Waals surface area (Å²) in [6, 6.07) is 16.1. The minimum Gasteiger partial charge on any atom is -0.367 e. The lowest BCUT2D eigenvalue weighted by molar-refractivity contribution is -0.137. The van der Waals surface area contributed by atoms with Crippen molar-refractivity contribution in [1.82, 2.24) is 14.9 Å². The van der Waals surface area contributed by atoms with Crippen LogP contribution >= 0.6 is 0 Å². The van der Waals surface area contributed by atoms with Crippen LogP contribution in [-0.2, 0) is 11.3 Å². The molecule has 0 radical (unpaired) electrons. The van der Waals surface area contributed by atoms with Gasteiger partial charge < -0.3 is 10.2 Å². The van der Waals surface area contributed by atoms with Gasteiger partial charge in [0.25, 0.3) is 0 Å². The van der Waals surface area contributed by atoms with Crippen molar-refractivity contribution < 1.29 is 4.79 Å². The fraction of sp³-hybridized carbons (Fsp3) is 0.464. The van der Waals surface area contributed by atoms with E-state index in [1.54, 1.807) is 6.33 Å². The Morgan fingerprint density at radius 2 is 1.73 bits per heavy atom. The Balaban J connectivity index is 1.26. The second-order valence-corrected chi connectivity index (χ2v) is 10.1. The number of nitrogens with one attached hydrogen (secondary N) is 1. The lowest BCUT2D eigenvalue weighted by Crippen LogP contribution is -2.38. The van der Waals surface area contributed by atoms with Crippen LogP contribution in [0, 0.1) is 5.92 Å². The molecule has 0 saturated heterocycles. The van der Waals surface area contributed by atoms with Crippen LogP contribution in [0.3, 0.4) is 0 Å². The van der Waals surface area contributed by atoms with E-state index in [1.165, 1.54) is 43.2 Å². The predicted molar refractivity (Wildman–Crippen MR) is 132 cm³/mol. The summed E-state index contributed by atoms with van der Waals surface area (Å²) in [5.74, 6) is 1.56. The molecule has 0 aliphatic heterocycles.